The lowest BCUT2D eigenvalue weighted by Crippen LogP contribution is -2.44. The number of aromatic amines is 1. The number of H-pyrrole nitrogens is 1. The molecule has 0 bridgehead atoms. The summed E-state index contributed by atoms with van der Waals surface area (Å²) < 4.78 is 5.49. The highest BCUT2D eigenvalue weighted by Gasteiger charge is 2.26. The number of rotatable bonds is 5. The maximum absolute atomic E-state index is 5.49. The van der Waals surface area contributed by atoms with Crippen LogP contribution < -0.4 is 20.4 Å². The van der Waals surface area contributed by atoms with Gasteiger partial charge in [-0.3, -0.25) is 5.10 Å². The fraction of sp³-hybridized carbons (Fsp3) is 0.611. The molecule has 2 saturated heterocycles. The van der Waals surface area contributed by atoms with Gasteiger partial charge in [0.15, 0.2) is 5.82 Å². The van der Waals surface area contributed by atoms with Crippen molar-refractivity contribution in [3.8, 4) is 0 Å². The smallest absolute Gasteiger partial charge is 0.232 e. The van der Waals surface area contributed by atoms with Crippen molar-refractivity contribution >= 4 is 23.4 Å². The lowest BCUT2D eigenvalue weighted by molar-refractivity contribution is 0.122. The van der Waals surface area contributed by atoms with Gasteiger partial charge in [0, 0.05) is 63.0 Å². The predicted octanol–water partition coefficient (Wildman–Crippen LogP) is 1.07. The first kappa shape index (κ1) is 16.8. The molecule has 0 radical (unpaired) electrons. The molecule has 0 amide bonds. The zero-order chi connectivity index (χ0) is 18.1. The van der Waals surface area contributed by atoms with E-state index in [4.69, 9.17) is 14.7 Å². The van der Waals surface area contributed by atoms with Crippen LogP contribution in [-0.2, 0) is 4.74 Å². The van der Waals surface area contributed by atoms with E-state index in [2.05, 4.69) is 42.8 Å². The van der Waals surface area contributed by atoms with Crippen molar-refractivity contribution in [1.82, 2.24) is 25.5 Å². The molecule has 9 nitrogen and oxygen atoms in total. The van der Waals surface area contributed by atoms with Gasteiger partial charge in [-0.15, -0.1) is 0 Å². The van der Waals surface area contributed by atoms with Gasteiger partial charge in [0.25, 0.3) is 0 Å². The first-order valence-corrected chi connectivity index (χ1v) is 9.85. The minimum atomic E-state index is 0.598. The Balaban J connectivity index is 1.42. The molecule has 3 aliphatic rings. The number of piperazine rings is 1. The maximum atomic E-state index is 5.49. The summed E-state index contributed by atoms with van der Waals surface area (Å²) in [5.74, 6) is 3.93. The van der Waals surface area contributed by atoms with Crippen LogP contribution in [0.2, 0.25) is 0 Å². The average Bonchev–Trinajstić information content (AvgIpc) is 3.48. The summed E-state index contributed by atoms with van der Waals surface area (Å²) >= 11 is 0. The summed E-state index contributed by atoms with van der Waals surface area (Å²) in [4.78, 5) is 14.1. The molecule has 2 aromatic rings. The molecule has 0 aromatic carbocycles. The highest BCUT2D eigenvalue weighted by atomic mass is 16.5. The second-order valence-corrected chi connectivity index (χ2v) is 7.35. The number of anilines is 4. The van der Waals surface area contributed by atoms with Gasteiger partial charge in [0.2, 0.25) is 5.95 Å². The highest BCUT2D eigenvalue weighted by Crippen LogP contribution is 2.39. The lowest BCUT2D eigenvalue weighted by atomic mass is 10.3. The number of hydrogen-bond donors (Lipinski definition) is 3. The third-order valence-electron chi connectivity index (χ3n) is 5.33. The van der Waals surface area contributed by atoms with Crippen molar-refractivity contribution in [2.75, 3.05) is 67.6 Å². The van der Waals surface area contributed by atoms with Gasteiger partial charge >= 0.3 is 0 Å². The van der Waals surface area contributed by atoms with Crippen LogP contribution >= 0.6 is 0 Å². The molecular formula is C18H26N8O. The van der Waals surface area contributed by atoms with E-state index in [1.807, 2.05) is 0 Å². The Morgan fingerprint density at radius 2 is 1.67 bits per heavy atom. The van der Waals surface area contributed by atoms with E-state index in [0.717, 1.165) is 69.9 Å². The molecule has 0 unspecified atom stereocenters. The summed E-state index contributed by atoms with van der Waals surface area (Å²) in [7, 11) is 0. The van der Waals surface area contributed by atoms with E-state index in [9.17, 15) is 0 Å². The van der Waals surface area contributed by atoms with Crippen LogP contribution in [0.5, 0.6) is 0 Å². The molecule has 27 heavy (non-hydrogen) atoms. The Morgan fingerprint density at radius 1 is 0.963 bits per heavy atom. The normalized spacial score (nSPS) is 20.7. The Hall–Kier alpha value is -2.39. The number of aromatic nitrogens is 4. The molecular weight excluding hydrogens is 344 g/mol. The van der Waals surface area contributed by atoms with Gasteiger partial charge < -0.3 is 25.2 Å². The number of nitrogens with zero attached hydrogens (tertiary/aromatic N) is 5. The zero-order valence-electron chi connectivity index (χ0n) is 15.4. The quantitative estimate of drug-likeness (QED) is 0.720. The van der Waals surface area contributed by atoms with Crippen LogP contribution in [0.15, 0.2) is 12.1 Å². The molecule has 2 aromatic heterocycles. The molecule has 1 saturated carbocycles. The van der Waals surface area contributed by atoms with Gasteiger partial charge in [-0.1, -0.05) is 0 Å². The Kier molecular flexibility index (Phi) is 4.54. The molecule has 1 aliphatic carbocycles. The third-order valence-corrected chi connectivity index (χ3v) is 5.33. The first-order chi connectivity index (χ1) is 13.3. The van der Waals surface area contributed by atoms with Crippen molar-refractivity contribution in [3.63, 3.8) is 0 Å². The Morgan fingerprint density at radius 3 is 2.37 bits per heavy atom. The number of hydrogen-bond acceptors (Lipinski definition) is 8. The fourth-order valence-electron chi connectivity index (χ4n) is 3.61. The summed E-state index contributed by atoms with van der Waals surface area (Å²) in [6.07, 6.45) is 2.50. The monoisotopic (exact) mass is 370 g/mol. The van der Waals surface area contributed by atoms with E-state index in [1.54, 1.807) is 0 Å². The van der Waals surface area contributed by atoms with Crippen LogP contribution in [-0.4, -0.2) is 72.6 Å². The van der Waals surface area contributed by atoms with Gasteiger partial charge in [0.05, 0.1) is 13.2 Å². The van der Waals surface area contributed by atoms with Crippen molar-refractivity contribution in [3.05, 3.63) is 17.8 Å². The Labute approximate surface area is 158 Å². The van der Waals surface area contributed by atoms with Crippen molar-refractivity contribution in [2.24, 2.45) is 0 Å². The largest absolute Gasteiger partial charge is 0.378 e. The van der Waals surface area contributed by atoms with E-state index >= 15 is 0 Å². The average molecular weight is 370 g/mol. The van der Waals surface area contributed by atoms with Crippen molar-refractivity contribution in [1.29, 1.82) is 0 Å². The summed E-state index contributed by atoms with van der Waals surface area (Å²) in [5.41, 5.74) is 1.20. The standard InChI is InChI=1S/C18H26N8O/c1-2-13(1)14-11-15(24-23-14)20-18-21-16(25-5-3-19-4-6-25)12-17(22-18)26-7-9-27-10-8-26/h11-13,19H,1-10H2,(H2,20,21,22,23,24). The first-order valence-electron chi connectivity index (χ1n) is 9.85. The molecule has 3 fully saturated rings. The molecule has 2 aliphatic heterocycles. The van der Waals surface area contributed by atoms with Gasteiger partial charge in [-0.2, -0.15) is 15.1 Å². The molecule has 9 heteroatoms. The molecule has 5 rings (SSSR count). The zero-order valence-corrected chi connectivity index (χ0v) is 15.4. The van der Waals surface area contributed by atoms with Gasteiger partial charge in [0.1, 0.15) is 11.6 Å². The molecule has 0 spiro atoms. The van der Waals surface area contributed by atoms with Crippen LogP contribution in [0.3, 0.4) is 0 Å². The minimum Gasteiger partial charge on any atom is -0.378 e. The van der Waals surface area contributed by atoms with E-state index in [-0.39, 0.29) is 0 Å². The van der Waals surface area contributed by atoms with Gasteiger partial charge in [-0.25, -0.2) is 0 Å². The van der Waals surface area contributed by atoms with E-state index in [1.165, 1.54) is 18.5 Å². The molecule has 144 valence electrons. The maximum Gasteiger partial charge on any atom is 0.232 e. The predicted molar refractivity (Wildman–Crippen MR) is 104 cm³/mol. The van der Waals surface area contributed by atoms with Crippen LogP contribution in [0.1, 0.15) is 24.5 Å². The second-order valence-electron chi connectivity index (χ2n) is 7.35. The van der Waals surface area contributed by atoms with Crippen LogP contribution in [0.4, 0.5) is 23.4 Å². The second kappa shape index (κ2) is 7.32. The molecule has 3 N–H and O–H groups in total. The van der Waals surface area contributed by atoms with E-state index < -0.39 is 0 Å². The highest BCUT2D eigenvalue weighted by molar-refractivity contribution is 5.59. The minimum absolute atomic E-state index is 0.598. The number of nitrogens with one attached hydrogen (secondary N) is 3. The number of ether oxygens (including phenoxy) is 1. The van der Waals surface area contributed by atoms with Crippen molar-refractivity contribution < 1.29 is 4.74 Å². The van der Waals surface area contributed by atoms with Gasteiger partial charge in [-0.05, 0) is 12.8 Å². The fourth-order valence-corrected chi connectivity index (χ4v) is 3.61. The number of morpholine rings is 1. The topological polar surface area (TPSA) is 94.2 Å². The SMILES string of the molecule is c1c(N2CCNCC2)nc(Nc2cc(C3CC3)[nH]n2)nc1N1CCOCC1. The van der Waals surface area contributed by atoms with Crippen LogP contribution in [0, 0.1) is 0 Å². The Bertz CT molecular complexity index is 741. The molecule has 4 heterocycles. The summed E-state index contributed by atoms with van der Waals surface area (Å²) in [5, 5.41) is 14.2. The van der Waals surface area contributed by atoms with E-state index in [0.29, 0.717) is 11.9 Å². The van der Waals surface area contributed by atoms with Crippen LogP contribution in [0.25, 0.3) is 0 Å². The lowest BCUT2D eigenvalue weighted by Gasteiger charge is -2.31. The third kappa shape index (κ3) is 3.84. The summed E-state index contributed by atoms with van der Waals surface area (Å²) in [6.45, 7) is 7.03. The van der Waals surface area contributed by atoms with Crippen molar-refractivity contribution in [2.45, 2.75) is 18.8 Å². The molecule has 0 atom stereocenters. The summed E-state index contributed by atoms with van der Waals surface area (Å²) in [6, 6.07) is 4.18.